The van der Waals surface area contributed by atoms with E-state index in [1.165, 1.54) is 24.3 Å². The Morgan fingerprint density at radius 2 is 1.68 bits per heavy atom. The second-order valence-corrected chi connectivity index (χ2v) is 7.80. The zero-order valence-corrected chi connectivity index (χ0v) is 18.4. The number of ether oxygens (including phenoxy) is 1. The summed E-state index contributed by atoms with van der Waals surface area (Å²) >= 11 is 6.06. The van der Waals surface area contributed by atoms with Crippen molar-refractivity contribution < 1.29 is 27.1 Å². The van der Waals surface area contributed by atoms with Crippen LogP contribution in [0.4, 0.5) is 13.2 Å². The molecule has 0 aliphatic heterocycles. The molecular formula is C27H18ClF3O3. The minimum Gasteiger partial charge on any atom is -0.489 e. The summed E-state index contributed by atoms with van der Waals surface area (Å²) in [5.41, 5.74) is 0.783. The van der Waals surface area contributed by atoms with E-state index in [0.29, 0.717) is 23.7 Å². The van der Waals surface area contributed by atoms with Crippen molar-refractivity contribution in [2.24, 2.45) is 0 Å². The molecule has 0 bridgehead atoms. The molecule has 3 aromatic carbocycles. The van der Waals surface area contributed by atoms with Crippen molar-refractivity contribution in [3.8, 4) is 17.1 Å². The van der Waals surface area contributed by atoms with E-state index < -0.39 is 11.7 Å². The van der Waals surface area contributed by atoms with Crippen LogP contribution in [0.2, 0.25) is 5.02 Å². The molecule has 4 rings (SSSR count). The lowest BCUT2D eigenvalue weighted by molar-refractivity contribution is -0.137. The monoisotopic (exact) mass is 482 g/mol. The van der Waals surface area contributed by atoms with Crippen LogP contribution in [0, 0.1) is 0 Å². The van der Waals surface area contributed by atoms with Crippen LogP contribution in [0.1, 0.15) is 27.2 Å². The average molecular weight is 483 g/mol. The Bertz CT molecular complexity index is 1310. The van der Waals surface area contributed by atoms with Crippen molar-refractivity contribution in [1.82, 2.24) is 0 Å². The number of carbonyl (C=O) groups is 1. The smallest absolute Gasteiger partial charge is 0.416 e. The zero-order chi connectivity index (χ0) is 24.1. The van der Waals surface area contributed by atoms with Crippen LogP contribution in [0.25, 0.3) is 17.4 Å². The number of carbonyl (C=O) groups excluding carboxylic acids is 1. The molecule has 1 aromatic heterocycles. The second kappa shape index (κ2) is 10.0. The summed E-state index contributed by atoms with van der Waals surface area (Å²) < 4.78 is 50.3. The van der Waals surface area contributed by atoms with E-state index in [-0.39, 0.29) is 22.1 Å². The van der Waals surface area contributed by atoms with Crippen LogP contribution in [0.15, 0.2) is 95.4 Å². The lowest BCUT2D eigenvalue weighted by Crippen LogP contribution is -2.04. The number of rotatable bonds is 7. The quantitative estimate of drug-likeness (QED) is 0.197. The highest BCUT2D eigenvalue weighted by molar-refractivity contribution is 6.33. The summed E-state index contributed by atoms with van der Waals surface area (Å²) in [5.74, 6) is 0.852. The molecule has 0 saturated carbocycles. The summed E-state index contributed by atoms with van der Waals surface area (Å²) in [6.07, 6.45) is -1.72. The first kappa shape index (κ1) is 23.4. The fraction of sp³-hybridized carbons (Fsp3) is 0.0741. The molecule has 0 amide bonds. The van der Waals surface area contributed by atoms with Crippen molar-refractivity contribution in [3.05, 3.63) is 118 Å². The van der Waals surface area contributed by atoms with Crippen molar-refractivity contribution in [2.45, 2.75) is 12.8 Å². The van der Waals surface area contributed by atoms with Crippen LogP contribution in [0.3, 0.4) is 0 Å². The summed E-state index contributed by atoms with van der Waals surface area (Å²) in [6, 6.07) is 22.5. The van der Waals surface area contributed by atoms with Gasteiger partial charge in [0.05, 0.1) is 10.6 Å². The number of hydrogen-bond acceptors (Lipinski definition) is 3. The molecule has 0 spiro atoms. The summed E-state index contributed by atoms with van der Waals surface area (Å²) in [4.78, 5) is 12.5. The van der Waals surface area contributed by atoms with Gasteiger partial charge in [-0.1, -0.05) is 41.9 Å². The highest BCUT2D eigenvalue weighted by Crippen LogP contribution is 2.36. The lowest BCUT2D eigenvalue weighted by atomic mass is 10.1. The van der Waals surface area contributed by atoms with Crippen molar-refractivity contribution in [1.29, 1.82) is 0 Å². The molecule has 0 atom stereocenters. The van der Waals surface area contributed by atoms with Gasteiger partial charge in [0.2, 0.25) is 0 Å². The van der Waals surface area contributed by atoms with Crippen molar-refractivity contribution >= 4 is 23.5 Å². The average Bonchev–Trinajstić information content (AvgIpc) is 3.30. The van der Waals surface area contributed by atoms with Crippen LogP contribution in [-0.2, 0) is 12.8 Å². The number of alkyl halides is 3. The van der Waals surface area contributed by atoms with Gasteiger partial charge >= 0.3 is 6.18 Å². The third-order valence-corrected chi connectivity index (χ3v) is 5.30. The maximum absolute atomic E-state index is 13.0. The molecular weight excluding hydrogens is 465 g/mol. The van der Waals surface area contributed by atoms with Gasteiger partial charge in [0.25, 0.3) is 0 Å². The molecule has 172 valence electrons. The maximum Gasteiger partial charge on any atom is 0.416 e. The first-order chi connectivity index (χ1) is 16.3. The summed E-state index contributed by atoms with van der Waals surface area (Å²) in [5, 5.41) is 0.128. The van der Waals surface area contributed by atoms with E-state index in [0.717, 1.165) is 17.7 Å². The van der Waals surface area contributed by atoms with Crippen LogP contribution in [0.5, 0.6) is 5.75 Å². The molecule has 4 aromatic rings. The standard InChI is InChI=1S/C27H18ClF3O3/c28-24-13-8-20(27(29,30)31)16-23(24)26-15-12-22(34-26)11-14-25(32)19-6-9-21(10-7-19)33-17-18-4-2-1-3-5-18/h1-16H,17H2. The number of benzene rings is 3. The van der Waals surface area contributed by atoms with Crippen molar-refractivity contribution in [3.63, 3.8) is 0 Å². The Hall–Kier alpha value is -3.77. The van der Waals surface area contributed by atoms with Gasteiger partial charge in [0.1, 0.15) is 23.9 Å². The van der Waals surface area contributed by atoms with E-state index in [9.17, 15) is 18.0 Å². The molecule has 0 aliphatic carbocycles. The van der Waals surface area contributed by atoms with Gasteiger partial charge in [-0.05, 0) is 72.3 Å². The Morgan fingerprint density at radius 3 is 2.38 bits per heavy atom. The lowest BCUT2D eigenvalue weighted by Gasteiger charge is -2.09. The maximum atomic E-state index is 13.0. The minimum atomic E-state index is -4.50. The minimum absolute atomic E-state index is 0.119. The SMILES string of the molecule is O=C(C=Cc1ccc(-c2cc(C(F)(F)F)ccc2Cl)o1)c1ccc(OCc2ccccc2)cc1. The number of hydrogen-bond donors (Lipinski definition) is 0. The Morgan fingerprint density at radius 1 is 0.941 bits per heavy atom. The van der Waals surface area contributed by atoms with Crippen molar-refractivity contribution in [2.75, 3.05) is 0 Å². The number of allylic oxidation sites excluding steroid dienone is 1. The molecule has 0 radical (unpaired) electrons. The molecule has 0 saturated heterocycles. The van der Waals surface area contributed by atoms with Crippen LogP contribution in [-0.4, -0.2) is 5.78 Å². The van der Waals surface area contributed by atoms with E-state index in [1.807, 2.05) is 30.3 Å². The Labute approximate surface area is 199 Å². The number of furan rings is 1. The predicted octanol–water partition coefficient (Wildman–Crippen LogP) is 8.09. The van der Waals surface area contributed by atoms with E-state index in [1.54, 1.807) is 30.3 Å². The molecule has 7 heteroatoms. The first-order valence-electron chi connectivity index (χ1n) is 10.3. The van der Waals surface area contributed by atoms with Gasteiger partial charge in [0.15, 0.2) is 5.78 Å². The van der Waals surface area contributed by atoms with E-state index >= 15 is 0 Å². The van der Waals surface area contributed by atoms with Gasteiger partial charge in [-0.3, -0.25) is 4.79 Å². The van der Waals surface area contributed by atoms with Gasteiger partial charge in [-0.25, -0.2) is 0 Å². The highest BCUT2D eigenvalue weighted by atomic mass is 35.5. The molecule has 34 heavy (non-hydrogen) atoms. The highest BCUT2D eigenvalue weighted by Gasteiger charge is 2.31. The van der Waals surface area contributed by atoms with Gasteiger partial charge in [-0.2, -0.15) is 13.2 Å². The van der Waals surface area contributed by atoms with Crippen LogP contribution >= 0.6 is 11.6 Å². The number of halogens is 4. The summed E-state index contributed by atoms with van der Waals surface area (Å²) in [7, 11) is 0. The number of ketones is 1. The molecule has 1 heterocycles. The third-order valence-electron chi connectivity index (χ3n) is 4.97. The third kappa shape index (κ3) is 5.77. The molecule has 0 aliphatic rings. The van der Waals surface area contributed by atoms with Gasteiger partial charge in [-0.15, -0.1) is 0 Å². The van der Waals surface area contributed by atoms with E-state index in [2.05, 4.69) is 0 Å². The fourth-order valence-corrected chi connectivity index (χ4v) is 3.40. The first-order valence-corrected chi connectivity index (χ1v) is 10.6. The van der Waals surface area contributed by atoms with Crippen LogP contribution < -0.4 is 4.74 Å². The van der Waals surface area contributed by atoms with Gasteiger partial charge in [0, 0.05) is 11.1 Å². The predicted molar refractivity (Wildman–Crippen MR) is 125 cm³/mol. The summed E-state index contributed by atoms with van der Waals surface area (Å²) in [6.45, 7) is 0.421. The molecule has 0 fully saturated rings. The molecule has 0 unspecified atom stereocenters. The topological polar surface area (TPSA) is 39.4 Å². The largest absolute Gasteiger partial charge is 0.489 e. The fourth-order valence-electron chi connectivity index (χ4n) is 3.19. The second-order valence-electron chi connectivity index (χ2n) is 7.39. The molecule has 0 N–H and O–H groups in total. The Kier molecular flexibility index (Phi) is 6.89. The normalized spacial score (nSPS) is 11.6. The zero-order valence-electron chi connectivity index (χ0n) is 17.7. The van der Waals surface area contributed by atoms with E-state index in [4.69, 9.17) is 20.8 Å². The molecule has 3 nitrogen and oxygen atoms in total. The Balaban J connectivity index is 1.41. The van der Waals surface area contributed by atoms with Gasteiger partial charge < -0.3 is 9.15 Å².